The van der Waals surface area contributed by atoms with E-state index in [0.29, 0.717) is 0 Å². The molecule has 0 aliphatic rings. The molecule has 0 aromatic carbocycles. The smallest absolute Gasteiger partial charge is 0.422 e. The predicted molar refractivity (Wildman–Crippen MR) is 68.6 cm³/mol. The lowest BCUT2D eigenvalue weighted by Gasteiger charge is -2.18. The zero-order chi connectivity index (χ0) is 15.2. The number of nitrogens with zero attached hydrogens (tertiary/aromatic N) is 1. The molecule has 0 atom stereocenters. The van der Waals surface area contributed by atoms with Crippen molar-refractivity contribution < 1.29 is 23.8 Å². The van der Waals surface area contributed by atoms with Gasteiger partial charge in [0.1, 0.15) is 5.60 Å². The van der Waals surface area contributed by atoms with E-state index in [1.54, 1.807) is 6.07 Å². The molecule has 1 N–H and O–H groups in total. The first-order valence-corrected chi connectivity index (χ1v) is 5.44. The second kappa shape index (κ2) is 6.33. The Morgan fingerprint density at radius 2 is 2.15 bits per heavy atom. The van der Waals surface area contributed by atoms with Gasteiger partial charge in [-0.2, -0.15) is 0 Å². The number of rotatable bonds is 3. The number of pyridine rings is 1. The molecular weight excluding hydrogens is 264 g/mol. The maximum Gasteiger partial charge on any atom is 0.525 e. The number of hydrogen-bond donors (Lipinski definition) is 1. The van der Waals surface area contributed by atoms with E-state index in [9.17, 15) is 9.59 Å². The van der Waals surface area contributed by atoms with Gasteiger partial charge in [-0.05, 0) is 26.0 Å². The van der Waals surface area contributed by atoms with Crippen LogP contribution in [0.3, 0.4) is 0 Å². The third-order valence-corrected chi connectivity index (χ3v) is 1.97. The van der Waals surface area contributed by atoms with Gasteiger partial charge >= 0.3 is 12.3 Å². The molecule has 0 aliphatic heterocycles. The van der Waals surface area contributed by atoms with E-state index in [-0.39, 0.29) is 11.4 Å². The van der Waals surface area contributed by atoms with E-state index in [2.05, 4.69) is 25.1 Å². The van der Waals surface area contributed by atoms with E-state index in [4.69, 9.17) is 11.8 Å². The lowest BCUT2D eigenvalue weighted by Crippen LogP contribution is -2.31. The van der Waals surface area contributed by atoms with Crippen LogP contribution in [0.1, 0.15) is 19.4 Å². The number of ether oxygens (including phenoxy) is 3. The van der Waals surface area contributed by atoms with Crippen molar-refractivity contribution in [1.82, 2.24) is 4.98 Å². The molecular formula is C13H12N2O5. The molecule has 0 radical (unpaired) electrons. The van der Waals surface area contributed by atoms with Crippen molar-refractivity contribution in [2.75, 3.05) is 0 Å². The minimum absolute atomic E-state index is 0.154. The van der Waals surface area contributed by atoms with Gasteiger partial charge in [-0.25, -0.2) is 14.6 Å². The standard InChI is InChI=1S/C13H12N2O5/c1-4-9-6-5-7-15-10(9)18-11(16)19-12(17)20-13(2,3)8-14/h1,5-8,14H,2-3H3. The highest BCUT2D eigenvalue weighted by Crippen LogP contribution is 2.14. The minimum Gasteiger partial charge on any atom is -0.422 e. The fourth-order valence-corrected chi connectivity index (χ4v) is 1.01. The van der Waals surface area contributed by atoms with Gasteiger partial charge in [0.05, 0.1) is 5.56 Å². The van der Waals surface area contributed by atoms with Crippen molar-refractivity contribution in [2.24, 2.45) is 0 Å². The average Bonchev–Trinajstić information content (AvgIpc) is 2.38. The Balaban J connectivity index is 2.63. The summed E-state index contributed by atoms with van der Waals surface area (Å²) < 4.78 is 13.6. The van der Waals surface area contributed by atoms with E-state index in [0.717, 1.165) is 6.21 Å². The van der Waals surface area contributed by atoms with Crippen LogP contribution in [-0.2, 0) is 9.47 Å². The molecule has 0 aliphatic carbocycles. The van der Waals surface area contributed by atoms with Crippen LogP contribution in [-0.4, -0.2) is 29.1 Å². The molecule has 104 valence electrons. The van der Waals surface area contributed by atoms with Gasteiger partial charge in [0.15, 0.2) is 0 Å². The summed E-state index contributed by atoms with van der Waals surface area (Å²) in [4.78, 5) is 26.4. The number of hydrogen-bond acceptors (Lipinski definition) is 7. The average molecular weight is 276 g/mol. The lowest BCUT2D eigenvalue weighted by atomic mass is 10.2. The van der Waals surface area contributed by atoms with Crippen LogP contribution in [0.15, 0.2) is 18.3 Å². The first kappa shape index (κ1) is 15.2. The molecule has 0 saturated heterocycles. The van der Waals surface area contributed by atoms with Crippen molar-refractivity contribution in [3.63, 3.8) is 0 Å². The van der Waals surface area contributed by atoms with Crippen LogP contribution in [0.5, 0.6) is 5.88 Å². The largest absolute Gasteiger partial charge is 0.525 e. The van der Waals surface area contributed by atoms with E-state index in [1.807, 2.05) is 0 Å². The quantitative estimate of drug-likeness (QED) is 0.393. The number of carbonyl (C=O) groups excluding carboxylic acids is 2. The lowest BCUT2D eigenvalue weighted by molar-refractivity contribution is 0.0229. The summed E-state index contributed by atoms with van der Waals surface area (Å²) in [6, 6.07) is 3.07. The molecule has 0 unspecified atom stereocenters. The molecule has 0 spiro atoms. The zero-order valence-corrected chi connectivity index (χ0v) is 10.9. The van der Waals surface area contributed by atoms with Crippen LogP contribution in [0.2, 0.25) is 0 Å². The molecule has 1 heterocycles. The van der Waals surface area contributed by atoms with E-state index in [1.165, 1.54) is 26.1 Å². The summed E-state index contributed by atoms with van der Waals surface area (Å²) in [5.74, 6) is 2.11. The highest BCUT2D eigenvalue weighted by molar-refractivity contribution is 5.80. The molecule has 0 bridgehead atoms. The summed E-state index contributed by atoms with van der Waals surface area (Å²) in [5.41, 5.74) is -0.954. The van der Waals surface area contributed by atoms with Gasteiger partial charge in [0.25, 0.3) is 0 Å². The number of carbonyl (C=O) groups is 2. The maximum atomic E-state index is 11.4. The van der Waals surface area contributed by atoms with Crippen LogP contribution < -0.4 is 4.74 Å². The van der Waals surface area contributed by atoms with Gasteiger partial charge in [0.2, 0.25) is 5.88 Å². The summed E-state index contributed by atoms with van der Waals surface area (Å²) in [6.07, 6.45) is 4.82. The molecule has 20 heavy (non-hydrogen) atoms. The molecule has 0 amide bonds. The summed E-state index contributed by atoms with van der Waals surface area (Å²) >= 11 is 0. The molecule has 1 aromatic rings. The maximum absolute atomic E-state index is 11.4. The van der Waals surface area contributed by atoms with Gasteiger partial charge in [-0.1, -0.05) is 5.92 Å². The van der Waals surface area contributed by atoms with Crippen LogP contribution in [0.4, 0.5) is 9.59 Å². The summed E-state index contributed by atoms with van der Waals surface area (Å²) in [6.45, 7) is 2.89. The van der Waals surface area contributed by atoms with Gasteiger partial charge in [-0.3, -0.25) is 0 Å². The van der Waals surface area contributed by atoms with Crippen molar-refractivity contribution in [3.8, 4) is 18.2 Å². The molecule has 7 heteroatoms. The first-order chi connectivity index (χ1) is 9.38. The van der Waals surface area contributed by atoms with Crippen LogP contribution in [0.25, 0.3) is 0 Å². The summed E-state index contributed by atoms with van der Waals surface area (Å²) in [5, 5.41) is 7.01. The fraction of sp³-hybridized carbons (Fsp3) is 0.231. The Bertz CT molecular complexity index is 574. The number of terminal acetylenes is 1. The topological polar surface area (TPSA) is 98.6 Å². The summed E-state index contributed by atoms with van der Waals surface area (Å²) in [7, 11) is 0. The van der Waals surface area contributed by atoms with Gasteiger partial charge < -0.3 is 19.6 Å². The second-order valence-electron chi connectivity index (χ2n) is 4.05. The van der Waals surface area contributed by atoms with E-state index < -0.39 is 17.9 Å². The molecule has 1 rings (SSSR count). The van der Waals surface area contributed by atoms with Crippen molar-refractivity contribution >= 4 is 18.5 Å². The number of nitrogens with one attached hydrogen (secondary N) is 1. The normalized spacial score (nSPS) is 10.1. The SMILES string of the molecule is C#Cc1cccnc1OC(=O)OC(=O)OC(C)(C)C=N. The molecule has 7 nitrogen and oxygen atoms in total. The zero-order valence-electron chi connectivity index (χ0n) is 10.9. The van der Waals surface area contributed by atoms with Crippen molar-refractivity contribution in [3.05, 3.63) is 23.9 Å². The third-order valence-electron chi connectivity index (χ3n) is 1.97. The molecule has 0 saturated carbocycles. The number of aromatic nitrogens is 1. The highest BCUT2D eigenvalue weighted by atomic mass is 16.8. The van der Waals surface area contributed by atoms with Crippen molar-refractivity contribution in [2.45, 2.75) is 19.4 Å². The first-order valence-electron chi connectivity index (χ1n) is 5.44. The van der Waals surface area contributed by atoms with Crippen LogP contribution >= 0.6 is 0 Å². The second-order valence-corrected chi connectivity index (χ2v) is 4.05. The monoisotopic (exact) mass is 276 g/mol. The van der Waals surface area contributed by atoms with Crippen molar-refractivity contribution in [1.29, 1.82) is 5.41 Å². The Hall–Kier alpha value is -2.88. The van der Waals surface area contributed by atoms with E-state index >= 15 is 0 Å². The van der Waals surface area contributed by atoms with Crippen LogP contribution in [0, 0.1) is 17.8 Å². The Morgan fingerprint density at radius 3 is 2.75 bits per heavy atom. The predicted octanol–water partition coefficient (Wildman–Crippen LogP) is 2.14. The Morgan fingerprint density at radius 1 is 1.45 bits per heavy atom. The Kier molecular flexibility index (Phi) is 4.81. The third kappa shape index (κ3) is 4.42. The Labute approximate surface area is 115 Å². The molecule has 0 fully saturated rings. The fourth-order valence-electron chi connectivity index (χ4n) is 1.01. The van der Waals surface area contributed by atoms with Gasteiger partial charge in [-0.15, -0.1) is 6.42 Å². The minimum atomic E-state index is -1.33. The van der Waals surface area contributed by atoms with Gasteiger partial charge in [0, 0.05) is 12.4 Å². The highest BCUT2D eigenvalue weighted by Gasteiger charge is 2.24. The molecule has 1 aromatic heterocycles.